The Kier molecular flexibility index (Phi) is 3.59. The van der Waals surface area contributed by atoms with Gasteiger partial charge in [-0.1, -0.05) is 23.7 Å². The monoisotopic (exact) mass is 235 g/mol. The van der Waals surface area contributed by atoms with Crippen LogP contribution in [0.1, 0.15) is 11.3 Å². The fourth-order valence-electron chi connectivity index (χ4n) is 1.58. The van der Waals surface area contributed by atoms with Crippen LogP contribution in [0.4, 0.5) is 0 Å². The van der Waals surface area contributed by atoms with Gasteiger partial charge in [0.25, 0.3) is 0 Å². The molecular formula is C12H14ClN3. The van der Waals surface area contributed by atoms with Crippen molar-refractivity contribution in [1.82, 2.24) is 9.55 Å². The molecule has 0 atom stereocenters. The molecule has 1 aromatic carbocycles. The van der Waals surface area contributed by atoms with E-state index in [1.165, 1.54) is 5.56 Å². The van der Waals surface area contributed by atoms with Crippen LogP contribution in [0, 0.1) is 0 Å². The smallest absolute Gasteiger partial charge is 0.0950 e. The minimum atomic E-state index is 0.490. The Balaban J connectivity index is 1.96. The highest BCUT2D eigenvalue weighted by Crippen LogP contribution is 2.11. The molecule has 3 nitrogen and oxygen atoms in total. The van der Waals surface area contributed by atoms with Gasteiger partial charge in [-0.3, -0.25) is 0 Å². The summed E-state index contributed by atoms with van der Waals surface area (Å²) < 4.78 is 2.04. The van der Waals surface area contributed by atoms with Gasteiger partial charge < -0.3 is 10.3 Å². The molecule has 1 aromatic heterocycles. The number of hydrogen-bond donors (Lipinski definition) is 1. The van der Waals surface area contributed by atoms with Gasteiger partial charge in [0.1, 0.15) is 0 Å². The van der Waals surface area contributed by atoms with E-state index in [9.17, 15) is 0 Å². The highest BCUT2D eigenvalue weighted by molar-refractivity contribution is 6.30. The molecule has 0 aliphatic rings. The first-order valence-electron chi connectivity index (χ1n) is 5.23. The van der Waals surface area contributed by atoms with Gasteiger partial charge in [-0.05, 0) is 24.1 Å². The van der Waals surface area contributed by atoms with Crippen molar-refractivity contribution in [3.8, 4) is 0 Å². The van der Waals surface area contributed by atoms with Crippen molar-refractivity contribution in [2.45, 2.75) is 19.5 Å². The summed E-state index contributed by atoms with van der Waals surface area (Å²) in [5, 5.41) is 0.783. The van der Waals surface area contributed by atoms with Gasteiger partial charge in [-0.15, -0.1) is 0 Å². The lowest BCUT2D eigenvalue weighted by Crippen LogP contribution is -1.99. The van der Waals surface area contributed by atoms with E-state index >= 15 is 0 Å². The highest BCUT2D eigenvalue weighted by Gasteiger charge is 1.98. The molecule has 2 N–H and O–H groups in total. The molecule has 16 heavy (non-hydrogen) atoms. The van der Waals surface area contributed by atoms with Crippen LogP contribution in [0.2, 0.25) is 5.02 Å². The lowest BCUT2D eigenvalue weighted by molar-refractivity contribution is 0.695. The van der Waals surface area contributed by atoms with Crippen LogP contribution in [0.25, 0.3) is 0 Å². The average Bonchev–Trinajstić information content (AvgIpc) is 2.74. The van der Waals surface area contributed by atoms with E-state index in [0.29, 0.717) is 6.54 Å². The number of benzene rings is 1. The first-order valence-corrected chi connectivity index (χ1v) is 5.61. The van der Waals surface area contributed by atoms with Crippen molar-refractivity contribution in [1.29, 1.82) is 0 Å². The summed E-state index contributed by atoms with van der Waals surface area (Å²) in [7, 11) is 0. The van der Waals surface area contributed by atoms with E-state index in [2.05, 4.69) is 11.1 Å². The molecule has 84 valence electrons. The lowest BCUT2D eigenvalue weighted by Gasteiger charge is -2.02. The topological polar surface area (TPSA) is 43.8 Å². The van der Waals surface area contributed by atoms with Crippen LogP contribution in [-0.2, 0) is 19.5 Å². The molecule has 4 heteroatoms. The number of hydrogen-bond acceptors (Lipinski definition) is 2. The van der Waals surface area contributed by atoms with E-state index in [1.54, 1.807) is 0 Å². The van der Waals surface area contributed by atoms with Crippen molar-refractivity contribution < 1.29 is 0 Å². The zero-order chi connectivity index (χ0) is 11.4. The van der Waals surface area contributed by atoms with Crippen LogP contribution >= 0.6 is 11.6 Å². The van der Waals surface area contributed by atoms with Gasteiger partial charge in [-0.25, -0.2) is 4.98 Å². The zero-order valence-corrected chi connectivity index (χ0v) is 9.69. The maximum Gasteiger partial charge on any atom is 0.0950 e. The van der Waals surface area contributed by atoms with Crippen molar-refractivity contribution in [3.63, 3.8) is 0 Å². The molecule has 0 fully saturated rings. The van der Waals surface area contributed by atoms with Gasteiger partial charge >= 0.3 is 0 Å². The van der Waals surface area contributed by atoms with Gasteiger partial charge in [0.05, 0.1) is 12.0 Å². The number of imidazole rings is 1. The van der Waals surface area contributed by atoms with Crippen LogP contribution in [-0.4, -0.2) is 9.55 Å². The number of halogens is 1. The maximum atomic E-state index is 5.92. The van der Waals surface area contributed by atoms with E-state index < -0.39 is 0 Å². The van der Waals surface area contributed by atoms with Gasteiger partial charge in [0, 0.05) is 24.3 Å². The largest absolute Gasteiger partial charge is 0.337 e. The van der Waals surface area contributed by atoms with Gasteiger partial charge in [-0.2, -0.15) is 0 Å². The molecule has 0 unspecified atom stereocenters. The first kappa shape index (κ1) is 11.2. The predicted molar refractivity (Wildman–Crippen MR) is 65.3 cm³/mol. The molecule has 0 radical (unpaired) electrons. The molecule has 0 spiro atoms. The van der Waals surface area contributed by atoms with Gasteiger partial charge in [0.15, 0.2) is 0 Å². The molecule has 0 bridgehead atoms. The fourth-order valence-corrected chi connectivity index (χ4v) is 1.80. The molecule has 0 amide bonds. The fraction of sp³-hybridized carbons (Fsp3) is 0.250. The highest BCUT2D eigenvalue weighted by atomic mass is 35.5. The quantitative estimate of drug-likeness (QED) is 0.883. The third-order valence-corrected chi connectivity index (χ3v) is 2.68. The van der Waals surface area contributed by atoms with Crippen molar-refractivity contribution >= 4 is 11.6 Å². The van der Waals surface area contributed by atoms with Crippen molar-refractivity contribution in [2.24, 2.45) is 5.73 Å². The Hall–Kier alpha value is -1.32. The van der Waals surface area contributed by atoms with Crippen LogP contribution < -0.4 is 5.73 Å². The summed E-state index contributed by atoms with van der Waals surface area (Å²) in [4.78, 5) is 4.18. The Morgan fingerprint density at radius 2 is 2.25 bits per heavy atom. The van der Waals surface area contributed by atoms with Crippen molar-refractivity contribution in [2.75, 3.05) is 0 Å². The lowest BCUT2D eigenvalue weighted by atomic mass is 10.1. The standard InChI is InChI=1S/C12H14ClN3/c13-11-3-1-2-10(6-11)4-5-16-8-12(7-14)15-9-16/h1-3,6,8-9H,4-5,7,14H2. The molecule has 0 aliphatic heterocycles. The first-order chi connectivity index (χ1) is 7.78. The number of rotatable bonds is 4. The second-order valence-electron chi connectivity index (χ2n) is 3.69. The summed E-state index contributed by atoms with van der Waals surface area (Å²) in [6, 6.07) is 7.92. The Bertz CT molecular complexity index is 465. The minimum absolute atomic E-state index is 0.490. The molecule has 2 rings (SSSR count). The SMILES string of the molecule is NCc1cn(CCc2cccc(Cl)c2)cn1. The average molecular weight is 236 g/mol. The van der Waals surface area contributed by atoms with Crippen LogP contribution in [0.15, 0.2) is 36.8 Å². The molecule has 0 aliphatic carbocycles. The van der Waals surface area contributed by atoms with Crippen LogP contribution in [0.3, 0.4) is 0 Å². The Morgan fingerprint density at radius 3 is 2.94 bits per heavy atom. The molecule has 2 aromatic rings. The third kappa shape index (κ3) is 2.84. The van der Waals surface area contributed by atoms with E-state index in [0.717, 1.165) is 23.7 Å². The second kappa shape index (κ2) is 5.14. The third-order valence-electron chi connectivity index (χ3n) is 2.44. The van der Waals surface area contributed by atoms with E-state index in [1.807, 2.05) is 35.3 Å². The predicted octanol–water partition coefficient (Wildman–Crippen LogP) is 2.24. The number of aryl methyl sites for hydroxylation is 2. The zero-order valence-electron chi connectivity index (χ0n) is 8.94. The summed E-state index contributed by atoms with van der Waals surface area (Å²) >= 11 is 5.92. The Morgan fingerprint density at radius 1 is 1.38 bits per heavy atom. The molecule has 1 heterocycles. The Labute approximate surface area is 99.9 Å². The minimum Gasteiger partial charge on any atom is -0.337 e. The maximum absolute atomic E-state index is 5.92. The second-order valence-corrected chi connectivity index (χ2v) is 4.12. The van der Waals surface area contributed by atoms with E-state index in [4.69, 9.17) is 17.3 Å². The molecular weight excluding hydrogens is 222 g/mol. The summed E-state index contributed by atoms with van der Waals surface area (Å²) in [6.45, 7) is 1.39. The molecule has 0 saturated carbocycles. The molecule has 0 saturated heterocycles. The summed E-state index contributed by atoms with van der Waals surface area (Å²) in [5.74, 6) is 0. The van der Waals surface area contributed by atoms with Crippen molar-refractivity contribution in [3.05, 3.63) is 53.1 Å². The number of aromatic nitrogens is 2. The van der Waals surface area contributed by atoms with E-state index in [-0.39, 0.29) is 0 Å². The number of nitrogens with two attached hydrogens (primary N) is 1. The summed E-state index contributed by atoms with van der Waals surface area (Å²) in [6.07, 6.45) is 4.73. The summed E-state index contributed by atoms with van der Waals surface area (Å²) in [5.41, 5.74) is 7.65. The van der Waals surface area contributed by atoms with Crippen LogP contribution in [0.5, 0.6) is 0 Å². The number of nitrogens with zero attached hydrogens (tertiary/aromatic N) is 2. The van der Waals surface area contributed by atoms with Gasteiger partial charge in [0.2, 0.25) is 0 Å². The normalized spacial score (nSPS) is 10.6.